The highest BCUT2D eigenvalue weighted by atomic mass is 16.4. The molecular weight excluding hydrogens is 268 g/mol. The van der Waals surface area contributed by atoms with Gasteiger partial charge in [0.2, 0.25) is 5.91 Å². The number of carboxylic acids is 1. The molecule has 1 aromatic rings. The topological polar surface area (TPSA) is 69.6 Å². The van der Waals surface area contributed by atoms with Crippen LogP contribution in [-0.4, -0.2) is 41.5 Å². The molecule has 2 aliphatic heterocycles. The Morgan fingerprint density at radius 2 is 2.14 bits per heavy atom. The summed E-state index contributed by atoms with van der Waals surface area (Å²) in [6.45, 7) is 3.96. The minimum Gasteiger partial charge on any atom is -0.481 e. The normalized spacial score (nSPS) is 28.2. The van der Waals surface area contributed by atoms with Crippen molar-refractivity contribution in [2.45, 2.75) is 25.8 Å². The largest absolute Gasteiger partial charge is 0.481 e. The molecule has 3 rings (SSSR count). The number of hydrogen-bond donors (Lipinski definition) is 2. The van der Waals surface area contributed by atoms with E-state index < -0.39 is 11.4 Å². The Morgan fingerprint density at radius 3 is 2.86 bits per heavy atom. The number of nitrogens with zero attached hydrogens (tertiary/aromatic N) is 1. The molecule has 2 unspecified atom stereocenters. The van der Waals surface area contributed by atoms with Crippen LogP contribution in [0.3, 0.4) is 0 Å². The number of likely N-dealkylation sites (tertiary alicyclic amines) is 1. The summed E-state index contributed by atoms with van der Waals surface area (Å²) in [6, 6.07) is 7.97. The molecule has 5 heteroatoms. The van der Waals surface area contributed by atoms with E-state index in [0.717, 1.165) is 17.7 Å². The van der Waals surface area contributed by atoms with E-state index in [1.54, 1.807) is 11.8 Å². The molecule has 2 atom stereocenters. The summed E-state index contributed by atoms with van der Waals surface area (Å²) in [5, 5.41) is 12.6. The van der Waals surface area contributed by atoms with E-state index in [-0.39, 0.29) is 11.8 Å². The Bertz CT molecular complexity index is 587. The van der Waals surface area contributed by atoms with Gasteiger partial charge >= 0.3 is 5.97 Å². The van der Waals surface area contributed by atoms with Crippen LogP contribution in [0.5, 0.6) is 0 Å². The first-order valence-electron chi connectivity index (χ1n) is 7.32. The maximum absolute atomic E-state index is 12.8. The van der Waals surface area contributed by atoms with Crippen molar-refractivity contribution in [2.75, 3.05) is 19.6 Å². The van der Waals surface area contributed by atoms with Gasteiger partial charge in [-0.2, -0.15) is 0 Å². The third kappa shape index (κ3) is 2.42. The van der Waals surface area contributed by atoms with Gasteiger partial charge in [0, 0.05) is 26.2 Å². The molecule has 1 amide bonds. The van der Waals surface area contributed by atoms with Gasteiger partial charge in [0.05, 0.1) is 11.3 Å². The lowest BCUT2D eigenvalue weighted by molar-refractivity contribution is -0.147. The first-order chi connectivity index (χ1) is 10.0. The number of carbonyl (C=O) groups is 2. The minimum atomic E-state index is -0.819. The molecule has 2 aliphatic rings. The number of fused-ring (bicyclic) bond motifs is 1. The van der Waals surface area contributed by atoms with Crippen molar-refractivity contribution in [2.24, 2.45) is 5.41 Å². The van der Waals surface area contributed by atoms with Crippen LogP contribution in [0.1, 0.15) is 30.4 Å². The molecule has 1 fully saturated rings. The molecule has 5 nitrogen and oxygen atoms in total. The van der Waals surface area contributed by atoms with Crippen LogP contribution in [-0.2, 0) is 16.1 Å². The molecule has 1 saturated heterocycles. The molecule has 0 radical (unpaired) electrons. The van der Waals surface area contributed by atoms with Crippen LogP contribution in [0.25, 0.3) is 0 Å². The Balaban J connectivity index is 1.80. The predicted octanol–water partition coefficient (Wildman–Crippen LogP) is 1.20. The second-order valence-corrected chi connectivity index (χ2v) is 6.26. The lowest BCUT2D eigenvalue weighted by Gasteiger charge is -2.29. The van der Waals surface area contributed by atoms with E-state index in [9.17, 15) is 14.7 Å². The zero-order valence-corrected chi connectivity index (χ0v) is 12.1. The van der Waals surface area contributed by atoms with E-state index in [1.165, 1.54) is 0 Å². The zero-order valence-electron chi connectivity index (χ0n) is 12.1. The molecule has 112 valence electrons. The fourth-order valence-electron chi connectivity index (χ4n) is 3.26. The average molecular weight is 288 g/mol. The lowest BCUT2D eigenvalue weighted by Crippen LogP contribution is -2.42. The number of hydrogen-bond acceptors (Lipinski definition) is 3. The van der Waals surface area contributed by atoms with E-state index in [1.807, 2.05) is 24.3 Å². The fourth-order valence-corrected chi connectivity index (χ4v) is 3.26. The number of nitrogens with one attached hydrogen (secondary N) is 1. The number of benzene rings is 1. The third-order valence-electron chi connectivity index (χ3n) is 4.69. The summed E-state index contributed by atoms with van der Waals surface area (Å²) in [5.41, 5.74) is 1.42. The van der Waals surface area contributed by atoms with Gasteiger partial charge in [-0.05, 0) is 24.5 Å². The second kappa shape index (κ2) is 5.15. The quantitative estimate of drug-likeness (QED) is 0.858. The summed E-state index contributed by atoms with van der Waals surface area (Å²) in [5.74, 6) is -0.981. The maximum atomic E-state index is 12.8. The van der Waals surface area contributed by atoms with Gasteiger partial charge in [-0.15, -0.1) is 0 Å². The second-order valence-electron chi connectivity index (χ2n) is 6.26. The van der Waals surface area contributed by atoms with Crippen LogP contribution in [0.4, 0.5) is 0 Å². The van der Waals surface area contributed by atoms with Crippen LogP contribution in [0, 0.1) is 5.41 Å². The van der Waals surface area contributed by atoms with Gasteiger partial charge in [0.1, 0.15) is 0 Å². The molecule has 2 N–H and O–H groups in total. The first-order valence-corrected chi connectivity index (χ1v) is 7.32. The van der Waals surface area contributed by atoms with E-state index in [2.05, 4.69) is 5.32 Å². The SMILES string of the molecule is CC1(C(=O)O)CCN(C(=O)C2CNCc3ccccc32)C1. The molecule has 0 bridgehead atoms. The molecule has 2 heterocycles. The average Bonchev–Trinajstić information content (AvgIpc) is 2.90. The number of rotatable bonds is 2. The maximum Gasteiger partial charge on any atom is 0.311 e. The number of carboxylic acid groups (broad SMARTS) is 1. The monoisotopic (exact) mass is 288 g/mol. The van der Waals surface area contributed by atoms with Crippen molar-refractivity contribution >= 4 is 11.9 Å². The highest BCUT2D eigenvalue weighted by molar-refractivity contribution is 5.86. The van der Waals surface area contributed by atoms with Gasteiger partial charge in [-0.25, -0.2) is 0 Å². The lowest BCUT2D eigenvalue weighted by atomic mass is 9.89. The highest BCUT2D eigenvalue weighted by Crippen LogP contribution is 2.33. The summed E-state index contributed by atoms with van der Waals surface area (Å²) in [6.07, 6.45) is 0.524. The molecule has 0 aliphatic carbocycles. The number of amides is 1. The van der Waals surface area contributed by atoms with E-state index in [0.29, 0.717) is 26.1 Å². The van der Waals surface area contributed by atoms with Gasteiger partial charge in [-0.1, -0.05) is 24.3 Å². The molecule has 0 spiro atoms. The molecule has 1 aromatic carbocycles. The summed E-state index contributed by atoms with van der Waals surface area (Å²) < 4.78 is 0. The third-order valence-corrected chi connectivity index (χ3v) is 4.69. The van der Waals surface area contributed by atoms with Crippen molar-refractivity contribution in [3.63, 3.8) is 0 Å². The Kier molecular flexibility index (Phi) is 3.45. The van der Waals surface area contributed by atoms with Gasteiger partial charge < -0.3 is 15.3 Å². The highest BCUT2D eigenvalue weighted by Gasteiger charge is 2.43. The molecular formula is C16H20N2O3. The van der Waals surface area contributed by atoms with Crippen molar-refractivity contribution in [3.05, 3.63) is 35.4 Å². The van der Waals surface area contributed by atoms with Crippen LogP contribution in [0.2, 0.25) is 0 Å². The smallest absolute Gasteiger partial charge is 0.311 e. The van der Waals surface area contributed by atoms with Gasteiger partial charge in [0.15, 0.2) is 0 Å². The zero-order chi connectivity index (χ0) is 15.0. The van der Waals surface area contributed by atoms with Crippen LogP contribution in [0.15, 0.2) is 24.3 Å². The van der Waals surface area contributed by atoms with Crippen molar-refractivity contribution in [1.29, 1.82) is 0 Å². The standard InChI is InChI=1S/C16H20N2O3/c1-16(15(20)21)6-7-18(10-16)14(19)13-9-17-8-11-4-2-3-5-12(11)13/h2-5,13,17H,6-10H2,1H3,(H,20,21). The van der Waals surface area contributed by atoms with Crippen molar-refractivity contribution < 1.29 is 14.7 Å². The molecule has 21 heavy (non-hydrogen) atoms. The Morgan fingerprint density at radius 1 is 1.38 bits per heavy atom. The number of aliphatic carboxylic acids is 1. The number of carbonyl (C=O) groups excluding carboxylic acids is 1. The molecule has 0 aromatic heterocycles. The Labute approximate surface area is 123 Å². The van der Waals surface area contributed by atoms with Gasteiger partial charge in [0.25, 0.3) is 0 Å². The minimum absolute atomic E-state index is 0.0413. The van der Waals surface area contributed by atoms with E-state index >= 15 is 0 Å². The molecule has 0 saturated carbocycles. The van der Waals surface area contributed by atoms with Crippen molar-refractivity contribution in [3.8, 4) is 0 Å². The summed E-state index contributed by atoms with van der Waals surface area (Å²) >= 11 is 0. The summed E-state index contributed by atoms with van der Waals surface area (Å²) in [7, 11) is 0. The van der Waals surface area contributed by atoms with Crippen LogP contribution >= 0.6 is 0 Å². The van der Waals surface area contributed by atoms with Crippen LogP contribution < -0.4 is 5.32 Å². The fraction of sp³-hybridized carbons (Fsp3) is 0.500. The Hall–Kier alpha value is -1.88. The van der Waals surface area contributed by atoms with E-state index in [4.69, 9.17) is 0 Å². The van der Waals surface area contributed by atoms with Gasteiger partial charge in [-0.3, -0.25) is 9.59 Å². The summed E-state index contributed by atoms with van der Waals surface area (Å²) in [4.78, 5) is 25.8. The first kappa shape index (κ1) is 14.1. The van der Waals surface area contributed by atoms with Crippen molar-refractivity contribution in [1.82, 2.24) is 10.2 Å². The predicted molar refractivity (Wildman–Crippen MR) is 77.8 cm³/mol.